The van der Waals surface area contributed by atoms with Gasteiger partial charge < -0.3 is 0 Å². The molecule has 0 amide bonds. The molecule has 0 aliphatic rings. The van der Waals surface area contributed by atoms with Gasteiger partial charge >= 0.3 is 0 Å². The highest BCUT2D eigenvalue weighted by atomic mass is 79.9. The molecule has 0 spiro atoms. The molecule has 1 heterocycles. The van der Waals surface area contributed by atoms with Crippen molar-refractivity contribution < 1.29 is 0 Å². The first-order valence-electron chi connectivity index (χ1n) is 6.03. The van der Waals surface area contributed by atoms with Gasteiger partial charge in [-0.3, -0.25) is 0 Å². The quantitative estimate of drug-likeness (QED) is 0.628. The number of aryl methyl sites for hydroxylation is 1. The lowest BCUT2D eigenvalue weighted by Gasteiger charge is -2.13. The van der Waals surface area contributed by atoms with E-state index in [9.17, 15) is 0 Å². The highest BCUT2D eigenvalue weighted by molar-refractivity contribution is 9.09. The minimum Gasteiger partial charge on any atom is -0.128 e. The van der Waals surface area contributed by atoms with Crippen molar-refractivity contribution in [2.75, 3.05) is 5.33 Å². The summed E-state index contributed by atoms with van der Waals surface area (Å²) in [6, 6.07) is 12.9. The molecule has 18 heavy (non-hydrogen) atoms. The molecule has 96 valence electrons. The zero-order valence-corrected chi connectivity index (χ0v) is 13.5. The third-order valence-corrected chi connectivity index (χ3v) is 5.11. The van der Waals surface area contributed by atoms with Gasteiger partial charge in [-0.05, 0) is 43.4 Å². The Morgan fingerprint density at radius 1 is 1.22 bits per heavy atom. The average molecular weight is 344 g/mol. The summed E-state index contributed by atoms with van der Waals surface area (Å²) in [5, 5.41) is 1.02. The fourth-order valence-corrected chi connectivity index (χ4v) is 3.76. The van der Waals surface area contributed by atoms with Gasteiger partial charge in [-0.1, -0.05) is 57.4 Å². The SMILES string of the molecule is Cc1cccc(CC(CBr)Cc2ccc(Cl)s2)c1. The van der Waals surface area contributed by atoms with Crippen molar-refractivity contribution in [1.29, 1.82) is 0 Å². The molecule has 0 aliphatic heterocycles. The fourth-order valence-electron chi connectivity index (χ4n) is 2.10. The van der Waals surface area contributed by atoms with Crippen LogP contribution in [0.25, 0.3) is 0 Å². The first-order valence-corrected chi connectivity index (χ1v) is 8.34. The van der Waals surface area contributed by atoms with Crippen LogP contribution in [0, 0.1) is 12.8 Å². The number of benzene rings is 1. The first kappa shape index (κ1) is 14.1. The number of halogens is 2. The largest absolute Gasteiger partial charge is 0.128 e. The number of hydrogen-bond acceptors (Lipinski definition) is 1. The van der Waals surface area contributed by atoms with Crippen LogP contribution in [-0.4, -0.2) is 5.33 Å². The summed E-state index contributed by atoms with van der Waals surface area (Å²) in [7, 11) is 0. The van der Waals surface area contributed by atoms with Crippen LogP contribution >= 0.6 is 38.9 Å². The monoisotopic (exact) mass is 342 g/mol. The maximum Gasteiger partial charge on any atom is 0.0931 e. The first-order chi connectivity index (χ1) is 8.67. The highest BCUT2D eigenvalue weighted by Crippen LogP contribution is 2.26. The predicted molar refractivity (Wildman–Crippen MR) is 85.2 cm³/mol. The van der Waals surface area contributed by atoms with E-state index in [4.69, 9.17) is 11.6 Å². The van der Waals surface area contributed by atoms with E-state index < -0.39 is 0 Å². The molecule has 0 fully saturated rings. The second kappa shape index (κ2) is 6.74. The maximum atomic E-state index is 5.97. The molecule has 0 aliphatic carbocycles. The third-order valence-electron chi connectivity index (χ3n) is 2.94. The van der Waals surface area contributed by atoms with Gasteiger partial charge in [0, 0.05) is 10.2 Å². The molecule has 0 radical (unpaired) electrons. The number of thiophene rings is 1. The number of hydrogen-bond donors (Lipinski definition) is 0. The lowest BCUT2D eigenvalue weighted by Crippen LogP contribution is -2.09. The summed E-state index contributed by atoms with van der Waals surface area (Å²) in [5.41, 5.74) is 2.75. The van der Waals surface area contributed by atoms with Crippen molar-refractivity contribution in [3.63, 3.8) is 0 Å². The van der Waals surface area contributed by atoms with Crippen molar-refractivity contribution in [3.8, 4) is 0 Å². The Labute approximate surface area is 126 Å². The molecule has 1 aromatic heterocycles. The zero-order valence-electron chi connectivity index (χ0n) is 10.3. The van der Waals surface area contributed by atoms with E-state index in [1.54, 1.807) is 11.3 Å². The van der Waals surface area contributed by atoms with E-state index in [2.05, 4.69) is 53.2 Å². The molecular formula is C15H16BrClS. The zero-order chi connectivity index (χ0) is 13.0. The van der Waals surface area contributed by atoms with Gasteiger partial charge in [0.1, 0.15) is 0 Å². The Balaban J connectivity index is 2.01. The molecule has 0 bridgehead atoms. The van der Waals surface area contributed by atoms with Crippen LogP contribution in [0.5, 0.6) is 0 Å². The van der Waals surface area contributed by atoms with Crippen molar-refractivity contribution >= 4 is 38.9 Å². The van der Waals surface area contributed by atoms with E-state index in [1.807, 2.05) is 6.07 Å². The van der Waals surface area contributed by atoms with Crippen LogP contribution in [0.2, 0.25) is 4.34 Å². The van der Waals surface area contributed by atoms with E-state index >= 15 is 0 Å². The maximum absolute atomic E-state index is 5.97. The van der Waals surface area contributed by atoms with Crippen molar-refractivity contribution in [2.45, 2.75) is 19.8 Å². The molecule has 1 aromatic carbocycles. The minimum absolute atomic E-state index is 0.626. The fraction of sp³-hybridized carbons (Fsp3) is 0.333. The second-order valence-electron chi connectivity index (χ2n) is 4.62. The van der Waals surface area contributed by atoms with Crippen molar-refractivity contribution in [1.82, 2.24) is 0 Å². The van der Waals surface area contributed by atoms with Crippen LogP contribution in [0.1, 0.15) is 16.0 Å². The normalized spacial score (nSPS) is 12.6. The summed E-state index contributed by atoms with van der Waals surface area (Å²) in [6.07, 6.45) is 2.21. The van der Waals surface area contributed by atoms with E-state index in [0.717, 1.165) is 22.5 Å². The van der Waals surface area contributed by atoms with Gasteiger partial charge in [-0.25, -0.2) is 0 Å². The molecule has 2 aromatic rings. The number of alkyl halides is 1. The molecule has 0 saturated carbocycles. The van der Waals surface area contributed by atoms with Gasteiger partial charge in [-0.15, -0.1) is 11.3 Å². The van der Waals surface area contributed by atoms with Crippen LogP contribution in [0.4, 0.5) is 0 Å². The third kappa shape index (κ3) is 4.11. The lowest BCUT2D eigenvalue weighted by molar-refractivity contribution is 0.596. The molecule has 0 N–H and O–H groups in total. The highest BCUT2D eigenvalue weighted by Gasteiger charge is 2.11. The van der Waals surface area contributed by atoms with Gasteiger partial charge in [0.25, 0.3) is 0 Å². The predicted octanol–water partition coefficient (Wildman–Crippen LogP) is 5.51. The summed E-state index contributed by atoms with van der Waals surface area (Å²) in [4.78, 5) is 1.37. The lowest BCUT2D eigenvalue weighted by atomic mass is 9.96. The van der Waals surface area contributed by atoms with E-state index in [1.165, 1.54) is 16.0 Å². The van der Waals surface area contributed by atoms with Gasteiger partial charge in [0.2, 0.25) is 0 Å². The van der Waals surface area contributed by atoms with Crippen LogP contribution in [0.3, 0.4) is 0 Å². The van der Waals surface area contributed by atoms with E-state index in [0.29, 0.717) is 5.92 Å². The number of rotatable bonds is 5. The molecule has 0 nitrogen and oxygen atoms in total. The molecular weight excluding hydrogens is 328 g/mol. The van der Waals surface area contributed by atoms with Gasteiger partial charge in [0.05, 0.1) is 4.34 Å². The smallest absolute Gasteiger partial charge is 0.0931 e. The molecule has 1 atom stereocenters. The summed E-state index contributed by atoms with van der Waals surface area (Å²) in [6.45, 7) is 2.14. The van der Waals surface area contributed by atoms with Gasteiger partial charge in [-0.2, -0.15) is 0 Å². The summed E-state index contributed by atoms with van der Waals surface area (Å²) in [5.74, 6) is 0.626. The standard InChI is InChI=1S/C15H16BrClS/c1-11-3-2-4-12(7-11)8-13(10-16)9-14-5-6-15(17)18-14/h2-7,13H,8-10H2,1H3. The second-order valence-corrected chi connectivity index (χ2v) is 7.07. The molecule has 0 saturated heterocycles. The Bertz CT molecular complexity index is 507. The molecule has 3 heteroatoms. The van der Waals surface area contributed by atoms with Crippen molar-refractivity contribution in [3.05, 3.63) is 56.7 Å². The van der Waals surface area contributed by atoms with Crippen LogP contribution in [-0.2, 0) is 12.8 Å². The van der Waals surface area contributed by atoms with Gasteiger partial charge in [0.15, 0.2) is 0 Å². The Hall–Kier alpha value is -0.310. The van der Waals surface area contributed by atoms with Crippen LogP contribution < -0.4 is 0 Å². The van der Waals surface area contributed by atoms with E-state index in [-0.39, 0.29) is 0 Å². The summed E-state index contributed by atoms with van der Waals surface area (Å²) >= 11 is 11.3. The topological polar surface area (TPSA) is 0 Å². The Morgan fingerprint density at radius 2 is 2.06 bits per heavy atom. The summed E-state index contributed by atoms with van der Waals surface area (Å²) < 4.78 is 0.883. The minimum atomic E-state index is 0.626. The Morgan fingerprint density at radius 3 is 2.67 bits per heavy atom. The molecule has 2 rings (SSSR count). The van der Waals surface area contributed by atoms with Crippen LogP contribution in [0.15, 0.2) is 36.4 Å². The Kier molecular flexibility index (Phi) is 5.28. The molecule has 1 unspecified atom stereocenters. The van der Waals surface area contributed by atoms with Crippen molar-refractivity contribution in [2.24, 2.45) is 5.92 Å². The average Bonchev–Trinajstić information content (AvgIpc) is 2.74.